The molecule has 0 rings (SSSR count). The van der Waals surface area contributed by atoms with E-state index in [-0.39, 0.29) is 0 Å². The van der Waals surface area contributed by atoms with Crippen LogP contribution in [0.3, 0.4) is 0 Å². The molecule has 2 heteroatoms. The van der Waals surface area contributed by atoms with Crippen LogP contribution in [0.1, 0.15) is 136 Å². The van der Waals surface area contributed by atoms with Crippen molar-refractivity contribution in [2.75, 3.05) is 7.11 Å². The van der Waals surface area contributed by atoms with Gasteiger partial charge in [-0.3, -0.25) is 0 Å². The van der Waals surface area contributed by atoms with Gasteiger partial charge in [-0.2, -0.15) is 0 Å². The maximum Gasteiger partial charge on any atom is 0.192 e. The van der Waals surface area contributed by atoms with Gasteiger partial charge in [0.15, 0.2) is 8.32 Å². The van der Waals surface area contributed by atoms with Crippen LogP contribution in [0.5, 0.6) is 0 Å². The van der Waals surface area contributed by atoms with Gasteiger partial charge in [0.25, 0.3) is 0 Å². The molecule has 0 N–H and O–H groups in total. The van der Waals surface area contributed by atoms with Crippen LogP contribution in [0, 0.1) is 0 Å². The molecule has 164 valence electrons. The lowest BCUT2D eigenvalue weighted by atomic mass is 10.1. The second-order valence-electron chi connectivity index (χ2n) is 8.94. The molecule has 0 aliphatic rings. The summed E-state index contributed by atoms with van der Waals surface area (Å²) in [5, 5.41) is 0. The Hall–Kier alpha value is 0.177. The maximum atomic E-state index is 6.36. The third kappa shape index (κ3) is 16.8. The van der Waals surface area contributed by atoms with E-state index in [9.17, 15) is 0 Å². The van der Waals surface area contributed by atoms with Gasteiger partial charge in [0.1, 0.15) is 0 Å². The summed E-state index contributed by atoms with van der Waals surface area (Å²) in [6.45, 7) is 6.93. The summed E-state index contributed by atoms with van der Waals surface area (Å²) in [6.07, 6.45) is 25.5. The van der Waals surface area contributed by atoms with Crippen molar-refractivity contribution in [1.82, 2.24) is 0 Å². The second kappa shape index (κ2) is 20.9. The minimum Gasteiger partial charge on any atom is -0.420 e. The van der Waals surface area contributed by atoms with Gasteiger partial charge < -0.3 is 4.43 Å². The van der Waals surface area contributed by atoms with Gasteiger partial charge in [-0.05, 0) is 18.1 Å². The van der Waals surface area contributed by atoms with E-state index in [1.807, 2.05) is 0 Å². The second-order valence-corrected chi connectivity index (χ2v) is 13.2. The summed E-state index contributed by atoms with van der Waals surface area (Å²) in [5.41, 5.74) is 0. The Morgan fingerprint density at radius 2 is 0.667 bits per heavy atom. The first-order valence-corrected chi connectivity index (χ1v) is 15.3. The van der Waals surface area contributed by atoms with E-state index in [1.165, 1.54) is 134 Å². The van der Waals surface area contributed by atoms with Crippen molar-refractivity contribution in [2.24, 2.45) is 0 Å². The predicted octanol–water partition coefficient (Wildman–Crippen LogP) is 9.66. The SMILES string of the molecule is CCCCCCCC[Si](CCCCCCCC)(CCCCCCCC)OC. The van der Waals surface area contributed by atoms with E-state index in [4.69, 9.17) is 4.43 Å². The average Bonchev–Trinajstić information content (AvgIpc) is 2.69. The van der Waals surface area contributed by atoms with Crippen LogP contribution in [-0.4, -0.2) is 15.4 Å². The largest absolute Gasteiger partial charge is 0.420 e. The van der Waals surface area contributed by atoms with Crippen LogP contribution < -0.4 is 0 Å². The van der Waals surface area contributed by atoms with Crippen molar-refractivity contribution >= 4 is 8.32 Å². The first-order chi connectivity index (χ1) is 13.2. The molecule has 0 heterocycles. The molecule has 0 aromatic rings. The van der Waals surface area contributed by atoms with Crippen molar-refractivity contribution in [1.29, 1.82) is 0 Å². The minimum absolute atomic E-state index is 1.35. The molecule has 1 nitrogen and oxygen atoms in total. The molecule has 27 heavy (non-hydrogen) atoms. The van der Waals surface area contributed by atoms with E-state index < -0.39 is 8.32 Å². The molecule has 0 unspecified atom stereocenters. The molecule has 0 amide bonds. The normalized spacial score (nSPS) is 12.0. The molecule has 0 saturated carbocycles. The Balaban J connectivity index is 4.23. The molecule has 0 spiro atoms. The van der Waals surface area contributed by atoms with Crippen LogP contribution in [0.25, 0.3) is 0 Å². The van der Waals surface area contributed by atoms with Crippen molar-refractivity contribution in [2.45, 2.75) is 154 Å². The molecule has 0 fully saturated rings. The van der Waals surface area contributed by atoms with E-state index in [2.05, 4.69) is 27.9 Å². The highest BCUT2D eigenvalue weighted by molar-refractivity contribution is 6.73. The molecule has 0 aromatic heterocycles. The van der Waals surface area contributed by atoms with Crippen LogP contribution in [0.4, 0.5) is 0 Å². The first-order valence-electron chi connectivity index (χ1n) is 12.8. The molecule has 0 aromatic carbocycles. The van der Waals surface area contributed by atoms with E-state index in [0.717, 1.165) is 0 Å². The fraction of sp³-hybridized carbons (Fsp3) is 1.00. The summed E-state index contributed by atoms with van der Waals surface area (Å²) >= 11 is 0. The highest BCUT2D eigenvalue weighted by atomic mass is 28.4. The van der Waals surface area contributed by atoms with Crippen molar-refractivity contribution in [3.63, 3.8) is 0 Å². The fourth-order valence-corrected chi connectivity index (χ4v) is 8.41. The Kier molecular flexibility index (Phi) is 21.0. The van der Waals surface area contributed by atoms with Gasteiger partial charge in [-0.1, -0.05) is 136 Å². The standard InChI is InChI=1S/C25H54OSi/c1-5-8-11-14-17-20-23-27(26-4,24-21-18-15-12-9-6-2)25-22-19-16-13-10-7-3/h5-25H2,1-4H3. The number of rotatable bonds is 22. The monoisotopic (exact) mass is 398 g/mol. The van der Waals surface area contributed by atoms with Gasteiger partial charge in [0.2, 0.25) is 0 Å². The topological polar surface area (TPSA) is 9.23 Å². The lowest BCUT2D eigenvalue weighted by Crippen LogP contribution is -2.36. The van der Waals surface area contributed by atoms with Crippen molar-refractivity contribution in [3.05, 3.63) is 0 Å². The van der Waals surface area contributed by atoms with E-state index in [0.29, 0.717) is 0 Å². The summed E-state index contributed by atoms with van der Waals surface area (Å²) in [7, 11) is 0.578. The molecular formula is C25H54OSi. The Morgan fingerprint density at radius 1 is 0.407 bits per heavy atom. The summed E-state index contributed by atoms with van der Waals surface area (Å²) in [4.78, 5) is 0. The summed E-state index contributed by atoms with van der Waals surface area (Å²) in [5.74, 6) is 0. The Morgan fingerprint density at radius 3 is 0.926 bits per heavy atom. The van der Waals surface area contributed by atoms with Crippen LogP contribution in [0.15, 0.2) is 0 Å². The van der Waals surface area contributed by atoms with Crippen LogP contribution in [-0.2, 0) is 4.43 Å². The average molecular weight is 399 g/mol. The summed E-state index contributed by atoms with van der Waals surface area (Å²) in [6, 6.07) is 4.29. The van der Waals surface area contributed by atoms with Gasteiger partial charge in [0.05, 0.1) is 0 Å². The van der Waals surface area contributed by atoms with Gasteiger partial charge in [-0.25, -0.2) is 0 Å². The highest BCUT2D eigenvalue weighted by Gasteiger charge is 2.32. The molecule has 0 aliphatic carbocycles. The number of hydrogen-bond donors (Lipinski definition) is 0. The number of unbranched alkanes of at least 4 members (excludes halogenated alkanes) is 15. The smallest absolute Gasteiger partial charge is 0.192 e. The predicted molar refractivity (Wildman–Crippen MR) is 127 cm³/mol. The van der Waals surface area contributed by atoms with Crippen molar-refractivity contribution in [3.8, 4) is 0 Å². The van der Waals surface area contributed by atoms with Gasteiger partial charge in [-0.15, -0.1) is 0 Å². The van der Waals surface area contributed by atoms with Gasteiger partial charge >= 0.3 is 0 Å². The minimum atomic E-state index is -1.47. The lowest BCUT2D eigenvalue weighted by molar-refractivity contribution is 0.380. The number of hydrogen-bond acceptors (Lipinski definition) is 1. The third-order valence-electron chi connectivity index (χ3n) is 6.39. The zero-order valence-electron chi connectivity index (χ0n) is 19.8. The molecular weight excluding hydrogens is 344 g/mol. The third-order valence-corrected chi connectivity index (χ3v) is 11.1. The van der Waals surface area contributed by atoms with Crippen LogP contribution in [0.2, 0.25) is 18.1 Å². The van der Waals surface area contributed by atoms with E-state index in [1.54, 1.807) is 0 Å². The fourth-order valence-electron chi connectivity index (χ4n) is 4.36. The molecule has 0 radical (unpaired) electrons. The maximum absolute atomic E-state index is 6.36. The van der Waals surface area contributed by atoms with Crippen LogP contribution >= 0.6 is 0 Å². The molecule has 0 atom stereocenters. The van der Waals surface area contributed by atoms with Crippen molar-refractivity contribution < 1.29 is 4.43 Å². The summed E-state index contributed by atoms with van der Waals surface area (Å²) < 4.78 is 6.36. The van der Waals surface area contributed by atoms with Gasteiger partial charge in [0, 0.05) is 7.11 Å². The molecule has 0 saturated heterocycles. The Labute approximate surface area is 174 Å². The van der Waals surface area contributed by atoms with E-state index >= 15 is 0 Å². The Bertz CT molecular complexity index is 239. The molecule has 0 aliphatic heterocycles. The quantitative estimate of drug-likeness (QED) is 0.130. The lowest BCUT2D eigenvalue weighted by Gasteiger charge is -2.30. The zero-order chi connectivity index (χ0) is 20.1. The zero-order valence-corrected chi connectivity index (χ0v) is 20.8. The highest BCUT2D eigenvalue weighted by Crippen LogP contribution is 2.30. The molecule has 0 bridgehead atoms. The first kappa shape index (κ1) is 27.2.